The summed E-state index contributed by atoms with van der Waals surface area (Å²) in [6, 6.07) is 25.9. The second kappa shape index (κ2) is 15.9. The number of likely N-dealkylation sites (tertiary alicyclic amines) is 1. The van der Waals surface area contributed by atoms with Gasteiger partial charge in [0.1, 0.15) is 0 Å². The summed E-state index contributed by atoms with van der Waals surface area (Å²) in [6.45, 7) is 3.00. The molecule has 1 fully saturated rings. The third-order valence-electron chi connectivity index (χ3n) is 6.69. The minimum Gasteiger partial charge on any atom is -0.353 e. The van der Waals surface area contributed by atoms with Gasteiger partial charge in [-0.1, -0.05) is 79.6 Å². The number of pyridine rings is 1. The fraction of sp³-hybridized carbons (Fsp3) is 0.355. The van der Waals surface area contributed by atoms with E-state index in [4.69, 9.17) is 4.55 Å². The van der Waals surface area contributed by atoms with E-state index in [1.54, 1.807) is 24.5 Å². The van der Waals surface area contributed by atoms with E-state index in [0.717, 1.165) is 44.0 Å². The van der Waals surface area contributed by atoms with Crippen molar-refractivity contribution in [1.29, 1.82) is 0 Å². The van der Waals surface area contributed by atoms with Crippen molar-refractivity contribution in [2.24, 2.45) is 5.92 Å². The van der Waals surface area contributed by atoms with E-state index in [0.29, 0.717) is 12.3 Å². The quantitative estimate of drug-likeness (QED) is 0.200. The topological polar surface area (TPSA) is 99.6 Å². The minimum atomic E-state index is -3.67. The molecule has 0 saturated carbocycles. The molecule has 1 aliphatic rings. The highest BCUT2D eigenvalue weighted by atomic mass is 32.2. The van der Waals surface area contributed by atoms with Gasteiger partial charge in [0.15, 0.2) is 0 Å². The van der Waals surface area contributed by atoms with E-state index in [1.165, 1.54) is 30.4 Å². The Balaban J connectivity index is 0.000000771. The van der Waals surface area contributed by atoms with Gasteiger partial charge >= 0.3 is 0 Å². The van der Waals surface area contributed by atoms with Crippen LogP contribution in [0.2, 0.25) is 0 Å². The van der Waals surface area contributed by atoms with Gasteiger partial charge in [-0.05, 0) is 67.1 Å². The predicted octanol–water partition coefficient (Wildman–Crippen LogP) is 5.39. The molecule has 1 aliphatic heterocycles. The van der Waals surface area contributed by atoms with Crippen LogP contribution in [0.3, 0.4) is 0 Å². The Morgan fingerprint density at radius 1 is 1.00 bits per heavy atom. The van der Waals surface area contributed by atoms with E-state index in [1.807, 2.05) is 12.1 Å². The van der Waals surface area contributed by atoms with Crippen LogP contribution in [-0.2, 0) is 14.9 Å². The largest absolute Gasteiger partial charge is 0.353 e. The molecule has 0 spiro atoms. The van der Waals surface area contributed by atoms with E-state index in [-0.39, 0.29) is 5.91 Å². The van der Waals surface area contributed by atoms with Gasteiger partial charge in [0.2, 0.25) is 5.91 Å². The average Bonchev–Trinajstić information content (AvgIpc) is 2.94. The molecular weight excluding hydrogens is 510 g/mol. The van der Waals surface area contributed by atoms with Crippen LogP contribution in [0.5, 0.6) is 0 Å². The van der Waals surface area contributed by atoms with Gasteiger partial charge in [0.25, 0.3) is 10.1 Å². The summed E-state index contributed by atoms with van der Waals surface area (Å²) in [6.07, 6.45) is 13.5. The van der Waals surface area contributed by atoms with Crippen LogP contribution in [0.15, 0.2) is 91.3 Å². The lowest BCUT2D eigenvalue weighted by Gasteiger charge is -2.38. The molecular formula is C31H39N3O4S. The maximum atomic E-state index is 12.0. The van der Waals surface area contributed by atoms with Gasteiger partial charge in [0, 0.05) is 25.0 Å². The molecule has 7 nitrogen and oxygen atoms in total. The van der Waals surface area contributed by atoms with Gasteiger partial charge in [-0.3, -0.25) is 19.2 Å². The van der Waals surface area contributed by atoms with Crippen molar-refractivity contribution in [3.05, 3.63) is 108 Å². The molecule has 2 N–H and O–H groups in total. The number of piperidine rings is 1. The Hall–Kier alpha value is -3.33. The first-order chi connectivity index (χ1) is 18.8. The molecule has 2 aromatic carbocycles. The highest BCUT2D eigenvalue weighted by Crippen LogP contribution is 2.33. The SMILES string of the molecule is CS(=O)(=O)O.O=C(C=Cc1cccnc1)NCCCCC1CCN(C(c2ccccc2)c2ccccc2)CC1. The third-order valence-corrected chi connectivity index (χ3v) is 6.69. The van der Waals surface area contributed by atoms with Crippen molar-refractivity contribution in [3.63, 3.8) is 0 Å². The lowest BCUT2D eigenvalue weighted by Crippen LogP contribution is -2.37. The minimum absolute atomic E-state index is 0.0370. The first kappa shape index (κ1) is 30.2. The number of carbonyl (C=O) groups is 1. The van der Waals surface area contributed by atoms with E-state index >= 15 is 0 Å². The van der Waals surface area contributed by atoms with Crippen molar-refractivity contribution < 1.29 is 17.8 Å². The van der Waals surface area contributed by atoms with Gasteiger partial charge < -0.3 is 5.32 Å². The molecule has 0 atom stereocenters. The fourth-order valence-corrected chi connectivity index (χ4v) is 4.86. The van der Waals surface area contributed by atoms with Gasteiger partial charge in [-0.15, -0.1) is 0 Å². The van der Waals surface area contributed by atoms with Crippen LogP contribution in [0.1, 0.15) is 54.8 Å². The molecule has 0 radical (unpaired) electrons. The summed E-state index contributed by atoms with van der Waals surface area (Å²) in [5.74, 6) is 0.745. The first-order valence-corrected chi connectivity index (χ1v) is 15.3. The second-order valence-corrected chi connectivity index (χ2v) is 11.3. The molecule has 0 bridgehead atoms. The van der Waals surface area contributed by atoms with E-state index in [9.17, 15) is 13.2 Å². The fourth-order valence-electron chi connectivity index (χ4n) is 4.86. The molecule has 3 aromatic rings. The van der Waals surface area contributed by atoms with Crippen LogP contribution < -0.4 is 5.32 Å². The maximum absolute atomic E-state index is 12.0. The first-order valence-electron chi connectivity index (χ1n) is 13.4. The normalized spacial score (nSPS) is 14.6. The second-order valence-electron chi connectivity index (χ2n) is 9.84. The molecule has 2 heterocycles. The summed E-state index contributed by atoms with van der Waals surface area (Å²) in [4.78, 5) is 18.7. The summed E-state index contributed by atoms with van der Waals surface area (Å²) >= 11 is 0. The molecule has 8 heteroatoms. The standard InChI is InChI=1S/C30H35N3O.CH4O3S/c34-29(17-16-26-11-9-20-31-24-26)32-21-8-7-10-25-18-22-33(23-19-25)30(27-12-3-1-4-13-27)28-14-5-2-6-15-28;1-5(2,3)4/h1-6,9,11-17,20,24-25,30H,7-8,10,18-19,21-23H2,(H,32,34);1H3,(H,2,3,4). The van der Waals surface area contributed by atoms with Crippen molar-refractivity contribution in [1.82, 2.24) is 15.2 Å². The summed E-state index contributed by atoms with van der Waals surface area (Å²) in [5.41, 5.74) is 3.69. The highest BCUT2D eigenvalue weighted by Gasteiger charge is 2.27. The molecule has 39 heavy (non-hydrogen) atoms. The van der Waals surface area contributed by atoms with Crippen molar-refractivity contribution in [2.45, 2.75) is 38.1 Å². The Morgan fingerprint density at radius 3 is 2.13 bits per heavy atom. The number of carbonyl (C=O) groups excluding carboxylic acids is 1. The third kappa shape index (κ3) is 11.9. The van der Waals surface area contributed by atoms with Crippen molar-refractivity contribution in [2.75, 3.05) is 25.9 Å². The van der Waals surface area contributed by atoms with Crippen molar-refractivity contribution in [3.8, 4) is 0 Å². The molecule has 1 amide bonds. The van der Waals surface area contributed by atoms with E-state index in [2.05, 4.69) is 75.9 Å². The number of hydrogen-bond acceptors (Lipinski definition) is 5. The van der Waals surface area contributed by atoms with Crippen LogP contribution in [0.4, 0.5) is 0 Å². The number of nitrogens with one attached hydrogen (secondary N) is 1. The number of benzene rings is 2. The van der Waals surface area contributed by atoms with Crippen molar-refractivity contribution >= 4 is 22.1 Å². The molecule has 1 saturated heterocycles. The lowest BCUT2D eigenvalue weighted by molar-refractivity contribution is -0.116. The highest BCUT2D eigenvalue weighted by molar-refractivity contribution is 7.85. The van der Waals surface area contributed by atoms with Crippen LogP contribution >= 0.6 is 0 Å². The van der Waals surface area contributed by atoms with Crippen LogP contribution in [-0.4, -0.2) is 54.7 Å². The van der Waals surface area contributed by atoms with E-state index < -0.39 is 10.1 Å². The number of unbranched alkanes of at least 4 members (excludes halogenated alkanes) is 1. The lowest BCUT2D eigenvalue weighted by atomic mass is 9.88. The predicted molar refractivity (Wildman–Crippen MR) is 157 cm³/mol. The Bertz CT molecular complexity index is 1200. The summed E-state index contributed by atoms with van der Waals surface area (Å²) in [5, 5.41) is 2.99. The molecule has 0 aliphatic carbocycles. The molecule has 0 unspecified atom stereocenters. The zero-order valence-corrected chi connectivity index (χ0v) is 23.3. The van der Waals surface area contributed by atoms with Gasteiger partial charge in [0.05, 0.1) is 12.3 Å². The molecule has 208 valence electrons. The van der Waals surface area contributed by atoms with Crippen LogP contribution in [0.25, 0.3) is 6.08 Å². The van der Waals surface area contributed by atoms with Crippen LogP contribution in [0, 0.1) is 5.92 Å². The van der Waals surface area contributed by atoms with Gasteiger partial charge in [-0.2, -0.15) is 8.42 Å². The zero-order valence-electron chi connectivity index (χ0n) is 22.5. The number of amides is 1. The Labute approximate surface area is 232 Å². The number of rotatable bonds is 10. The number of nitrogens with zero attached hydrogens (tertiary/aromatic N) is 2. The average molecular weight is 550 g/mol. The molecule has 4 rings (SSSR count). The Kier molecular flexibility index (Phi) is 12.3. The Morgan fingerprint density at radius 2 is 1.59 bits per heavy atom. The summed E-state index contributed by atoms with van der Waals surface area (Å²) in [7, 11) is -3.67. The smallest absolute Gasteiger partial charge is 0.261 e. The summed E-state index contributed by atoms with van der Waals surface area (Å²) < 4.78 is 25.9. The zero-order chi connectivity index (χ0) is 27.9. The maximum Gasteiger partial charge on any atom is 0.261 e. The van der Waals surface area contributed by atoms with Gasteiger partial charge in [-0.25, -0.2) is 0 Å². The number of aromatic nitrogens is 1. The molecule has 1 aromatic heterocycles. The monoisotopic (exact) mass is 549 g/mol. The number of hydrogen-bond donors (Lipinski definition) is 2.